The lowest BCUT2D eigenvalue weighted by molar-refractivity contribution is 0.414. The van der Waals surface area contributed by atoms with E-state index in [2.05, 4.69) is 0 Å². The highest BCUT2D eigenvalue weighted by Gasteiger charge is 2.38. The Kier molecular flexibility index (Phi) is 6.13. The molecule has 31 heavy (non-hydrogen) atoms. The second-order valence-electron chi connectivity index (χ2n) is 6.69. The summed E-state index contributed by atoms with van der Waals surface area (Å²) in [4.78, 5) is 2.46. The third-order valence-electron chi connectivity index (χ3n) is 4.77. The van der Waals surface area contributed by atoms with E-state index in [1.807, 2.05) is 91.0 Å². The summed E-state index contributed by atoms with van der Waals surface area (Å²) in [6.45, 7) is 0. The minimum absolute atomic E-state index is 0.0768. The maximum absolute atomic E-state index is 13.5. The first-order valence-corrected chi connectivity index (χ1v) is 12.6. The van der Waals surface area contributed by atoms with Crippen molar-refractivity contribution in [3.63, 3.8) is 0 Å². The molecule has 0 radical (unpaired) electrons. The first-order chi connectivity index (χ1) is 15.1. The summed E-state index contributed by atoms with van der Waals surface area (Å²) < 4.78 is 38.5. The summed E-state index contributed by atoms with van der Waals surface area (Å²) in [5, 5.41) is 0. The topological polar surface area (TPSA) is 52.6 Å². The van der Waals surface area contributed by atoms with Crippen molar-refractivity contribution in [1.82, 2.24) is 0 Å². The first-order valence-electron chi connectivity index (χ1n) is 9.65. The molecule has 4 rings (SSSR count). The van der Waals surface area contributed by atoms with Gasteiger partial charge in [0.25, 0.3) is 0 Å². The molecule has 0 aliphatic carbocycles. The van der Waals surface area contributed by atoms with E-state index in [4.69, 9.17) is 8.37 Å². The van der Waals surface area contributed by atoms with Crippen LogP contribution < -0.4 is 4.74 Å². The third-order valence-corrected chi connectivity index (χ3v) is 9.96. The van der Waals surface area contributed by atoms with Crippen molar-refractivity contribution in [1.29, 1.82) is 0 Å². The molecule has 0 N–H and O–H groups in total. The van der Waals surface area contributed by atoms with Crippen LogP contribution in [0.4, 0.5) is 0 Å². The quantitative estimate of drug-likeness (QED) is 0.332. The molecule has 0 fully saturated rings. The van der Waals surface area contributed by atoms with Crippen LogP contribution in [0.5, 0.6) is 5.75 Å². The van der Waals surface area contributed by atoms with E-state index < -0.39 is 20.4 Å². The molecule has 0 amide bonds. The fourth-order valence-corrected chi connectivity index (χ4v) is 8.52. The molecular formula is C25H22O4S2. The Morgan fingerprint density at radius 2 is 0.903 bits per heavy atom. The highest BCUT2D eigenvalue weighted by Crippen LogP contribution is 2.70. The van der Waals surface area contributed by atoms with Gasteiger partial charge in [-0.05, 0) is 71.0 Å². The SMILES string of the molecule is COc1ccc(S(=O)(=O)OS(c2ccccc2)(c2ccccc2)c2ccccc2)cc1. The van der Waals surface area contributed by atoms with Crippen molar-refractivity contribution in [2.45, 2.75) is 19.6 Å². The van der Waals surface area contributed by atoms with E-state index in [-0.39, 0.29) is 4.90 Å². The fourth-order valence-electron chi connectivity index (χ4n) is 3.28. The van der Waals surface area contributed by atoms with Crippen LogP contribution >= 0.6 is 10.3 Å². The average Bonchev–Trinajstić information content (AvgIpc) is 2.84. The minimum Gasteiger partial charge on any atom is -0.497 e. The fraction of sp³-hybridized carbons (Fsp3) is 0.0400. The van der Waals surface area contributed by atoms with E-state index in [1.165, 1.54) is 19.2 Å². The smallest absolute Gasteiger partial charge is 0.307 e. The van der Waals surface area contributed by atoms with Crippen LogP contribution in [-0.2, 0) is 13.7 Å². The van der Waals surface area contributed by atoms with Gasteiger partial charge in [0.15, 0.2) is 0 Å². The molecule has 0 atom stereocenters. The monoisotopic (exact) mass is 450 g/mol. The zero-order valence-corrected chi connectivity index (χ0v) is 18.6. The van der Waals surface area contributed by atoms with Crippen molar-refractivity contribution in [3.8, 4) is 5.75 Å². The maximum atomic E-state index is 13.5. The molecule has 0 spiro atoms. The van der Waals surface area contributed by atoms with Crippen LogP contribution in [0.25, 0.3) is 0 Å². The summed E-state index contributed by atoms with van der Waals surface area (Å²) in [6.07, 6.45) is 0. The molecular weight excluding hydrogens is 428 g/mol. The van der Waals surface area contributed by atoms with E-state index in [0.29, 0.717) is 5.75 Å². The summed E-state index contributed by atoms with van der Waals surface area (Å²) in [5.74, 6) is 0.576. The Morgan fingerprint density at radius 1 is 0.516 bits per heavy atom. The minimum atomic E-state index is -4.11. The third kappa shape index (κ3) is 4.23. The van der Waals surface area contributed by atoms with Gasteiger partial charge in [0.05, 0.1) is 12.0 Å². The van der Waals surface area contributed by atoms with Crippen LogP contribution in [0.1, 0.15) is 0 Å². The van der Waals surface area contributed by atoms with Gasteiger partial charge in [-0.3, -0.25) is 0 Å². The number of rotatable bonds is 7. The van der Waals surface area contributed by atoms with Crippen molar-refractivity contribution in [3.05, 3.63) is 115 Å². The summed E-state index contributed by atoms with van der Waals surface area (Å²) in [5.41, 5.74) is 0. The lowest BCUT2D eigenvalue weighted by Crippen LogP contribution is -2.14. The predicted molar refractivity (Wildman–Crippen MR) is 123 cm³/mol. The lowest BCUT2D eigenvalue weighted by Gasteiger charge is -2.39. The van der Waals surface area contributed by atoms with Crippen LogP contribution in [0.2, 0.25) is 0 Å². The zero-order chi connectivity index (χ0) is 21.7. The first kappa shape index (κ1) is 21.2. The molecule has 4 nitrogen and oxygen atoms in total. The summed E-state index contributed by atoms with van der Waals surface area (Å²) in [6, 6.07) is 34.8. The van der Waals surface area contributed by atoms with Crippen molar-refractivity contribution in [2.75, 3.05) is 7.11 Å². The molecule has 0 saturated heterocycles. The standard InChI is InChI=1S/C25H22O4S2/c1-28-21-17-19-25(20-18-21)31(26,27)29-30(22-11-5-2-6-12-22,23-13-7-3-8-14-23)24-15-9-4-10-16-24/h2-20H,1H3. The van der Waals surface area contributed by atoms with Crippen LogP contribution in [0.3, 0.4) is 0 Å². The van der Waals surface area contributed by atoms with Crippen LogP contribution in [0, 0.1) is 0 Å². The number of ether oxygens (including phenoxy) is 1. The van der Waals surface area contributed by atoms with Gasteiger partial charge >= 0.3 is 10.1 Å². The van der Waals surface area contributed by atoms with Crippen molar-refractivity contribution < 1.29 is 16.8 Å². The molecule has 158 valence electrons. The van der Waals surface area contributed by atoms with E-state index in [1.54, 1.807) is 12.1 Å². The molecule has 0 bridgehead atoms. The Bertz CT molecular complexity index is 1130. The number of hydrogen-bond acceptors (Lipinski definition) is 4. The Hall–Kier alpha value is -3.06. The molecule has 0 aliphatic rings. The molecule has 6 heteroatoms. The van der Waals surface area contributed by atoms with Gasteiger partial charge in [0.1, 0.15) is 5.75 Å². The van der Waals surface area contributed by atoms with Crippen LogP contribution in [0.15, 0.2) is 135 Å². The predicted octanol–water partition coefficient (Wildman–Crippen LogP) is 6.30. The molecule has 0 heterocycles. The molecule has 4 aromatic carbocycles. The highest BCUT2D eigenvalue weighted by atomic mass is 32.3. The Morgan fingerprint density at radius 3 is 1.26 bits per heavy atom. The van der Waals surface area contributed by atoms with Gasteiger partial charge in [-0.15, -0.1) is 0 Å². The normalized spacial score (nSPS) is 12.3. The van der Waals surface area contributed by atoms with E-state index in [0.717, 1.165) is 14.7 Å². The van der Waals surface area contributed by atoms with Gasteiger partial charge in [-0.25, -0.2) is 3.63 Å². The van der Waals surface area contributed by atoms with Gasteiger partial charge in [-0.1, -0.05) is 54.6 Å². The molecule has 0 aromatic heterocycles. The molecule has 0 unspecified atom stereocenters. The van der Waals surface area contributed by atoms with Crippen molar-refractivity contribution in [2.24, 2.45) is 0 Å². The van der Waals surface area contributed by atoms with Gasteiger partial charge in [-0.2, -0.15) is 8.42 Å². The number of methoxy groups -OCH3 is 1. The van der Waals surface area contributed by atoms with Gasteiger partial charge in [0.2, 0.25) is 0 Å². The highest BCUT2D eigenvalue weighted by molar-refractivity contribution is 8.33. The second-order valence-corrected chi connectivity index (χ2v) is 11.1. The lowest BCUT2D eigenvalue weighted by atomic mass is 10.3. The van der Waals surface area contributed by atoms with Gasteiger partial charge < -0.3 is 4.74 Å². The number of benzene rings is 4. The summed E-state index contributed by atoms with van der Waals surface area (Å²) >= 11 is 0. The van der Waals surface area contributed by atoms with Gasteiger partial charge in [0, 0.05) is 14.7 Å². The van der Waals surface area contributed by atoms with E-state index >= 15 is 0 Å². The second kappa shape index (κ2) is 8.98. The largest absolute Gasteiger partial charge is 0.497 e. The Balaban J connectivity index is 1.96. The average molecular weight is 451 g/mol. The molecule has 4 aromatic rings. The number of hydrogen-bond donors (Lipinski definition) is 0. The van der Waals surface area contributed by atoms with Crippen LogP contribution in [-0.4, -0.2) is 15.5 Å². The van der Waals surface area contributed by atoms with E-state index in [9.17, 15) is 8.42 Å². The van der Waals surface area contributed by atoms with Crippen molar-refractivity contribution >= 4 is 20.4 Å². The zero-order valence-electron chi connectivity index (χ0n) is 16.9. The molecule has 0 aliphatic heterocycles. The summed E-state index contributed by atoms with van der Waals surface area (Å²) in [7, 11) is -5.14. The maximum Gasteiger partial charge on any atom is 0.307 e. The molecule has 0 saturated carbocycles. The Labute approximate surface area is 184 Å².